The Morgan fingerprint density at radius 3 is 2.27 bits per heavy atom. The minimum Gasteiger partial charge on any atom is -0.272 e. The maximum Gasteiger partial charge on any atom is 0.111 e. The highest BCUT2D eigenvalue weighted by Gasteiger charge is 2.10. The molecule has 0 saturated carbocycles. The van der Waals surface area contributed by atoms with E-state index >= 15 is 0 Å². The van der Waals surface area contributed by atoms with E-state index in [1.807, 2.05) is 54.6 Å². The standard InChI is InChI=1S/C10H10Cl2N2.C9H9ClN2/c1-3-9-7-4-6(11)5-8(12)10(7)13-14(9)2;1-6-8-5-7(10)3-4-9(8)11-12(6)2/h4-5H,3H2,1-2H3;3-5H,1-2H3. The summed E-state index contributed by atoms with van der Waals surface area (Å²) in [5.74, 6) is 0. The monoisotopic (exact) mass is 408 g/mol. The molecule has 0 aliphatic heterocycles. The second-order valence-electron chi connectivity index (χ2n) is 6.08. The SMILES string of the molecule is CCc1c2cc(Cl)cc(Cl)c2nn1C.Cc1c2cc(Cl)ccc2nn1C. The summed E-state index contributed by atoms with van der Waals surface area (Å²) in [6.45, 7) is 4.12. The van der Waals surface area contributed by atoms with Gasteiger partial charge in [-0.2, -0.15) is 10.2 Å². The molecule has 0 bridgehead atoms. The molecule has 0 spiro atoms. The molecule has 4 rings (SSSR count). The second-order valence-corrected chi connectivity index (χ2v) is 7.36. The van der Waals surface area contributed by atoms with Crippen molar-refractivity contribution in [1.82, 2.24) is 19.6 Å². The summed E-state index contributed by atoms with van der Waals surface area (Å²) < 4.78 is 3.72. The van der Waals surface area contributed by atoms with Gasteiger partial charge in [0.2, 0.25) is 0 Å². The molecule has 0 saturated heterocycles. The lowest BCUT2D eigenvalue weighted by atomic mass is 10.2. The first-order valence-electron chi connectivity index (χ1n) is 8.21. The number of hydrogen-bond acceptors (Lipinski definition) is 2. The van der Waals surface area contributed by atoms with Crippen LogP contribution in [0.5, 0.6) is 0 Å². The fourth-order valence-electron chi connectivity index (χ4n) is 2.99. The molecule has 2 aromatic heterocycles. The van der Waals surface area contributed by atoms with Crippen LogP contribution in [-0.4, -0.2) is 19.6 Å². The van der Waals surface area contributed by atoms with Crippen molar-refractivity contribution in [3.8, 4) is 0 Å². The zero-order valence-corrected chi connectivity index (χ0v) is 17.3. The van der Waals surface area contributed by atoms with Gasteiger partial charge in [0, 0.05) is 46.3 Å². The van der Waals surface area contributed by atoms with Gasteiger partial charge in [-0.15, -0.1) is 0 Å². The number of aryl methyl sites for hydroxylation is 4. The van der Waals surface area contributed by atoms with Crippen LogP contribution in [0.1, 0.15) is 18.3 Å². The Labute approximate surface area is 167 Å². The molecule has 2 heterocycles. The van der Waals surface area contributed by atoms with Gasteiger partial charge in [0.15, 0.2) is 0 Å². The Balaban J connectivity index is 0.000000152. The molecular formula is C19H19Cl3N4. The van der Waals surface area contributed by atoms with Crippen LogP contribution in [0.15, 0.2) is 30.3 Å². The highest BCUT2D eigenvalue weighted by molar-refractivity contribution is 6.38. The molecule has 0 amide bonds. The maximum absolute atomic E-state index is 6.04. The van der Waals surface area contributed by atoms with Crippen molar-refractivity contribution in [3.05, 3.63) is 56.8 Å². The van der Waals surface area contributed by atoms with Gasteiger partial charge in [0.05, 0.1) is 10.5 Å². The summed E-state index contributed by atoms with van der Waals surface area (Å²) in [6.07, 6.45) is 0.920. The van der Waals surface area contributed by atoms with Gasteiger partial charge in [-0.25, -0.2) is 0 Å². The summed E-state index contributed by atoms with van der Waals surface area (Å²) in [7, 11) is 3.85. The van der Waals surface area contributed by atoms with Gasteiger partial charge < -0.3 is 0 Å². The third kappa shape index (κ3) is 3.54. The predicted molar refractivity (Wildman–Crippen MR) is 111 cm³/mol. The van der Waals surface area contributed by atoms with Crippen LogP contribution in [0.25, 0.3) is 21.8 Å². The molecule has 0 N–H and O–H groups in total. The van der Waals surface area contributed by atoms with E-state index in [0.717, 1.165) is 44.6 Å². The van der Waals surface area contributed by atoms with E-state index in [-0.39, 0.29) is 0 Å². The lowest BCUT2D eigenvalue weighted by Gasteiger charge is -1.97. The first kappa shape index (κ1) is 19.0. The Bertz CT molecular complexity index is 1100. The average Bonchev–Trinajstić information content (AvgIpc) is 3.05. The van der Waals surface area contributed by atoms with E-state index in [0.29, 0.717) is 10.0 Å². The fraction of sp³-hybridized carbons (Fsp3) is 0.263. The lowest BCUT2D eigenvalue weighted by Crippen LogP contribution is -1.95. The Morgan fingerprint density at radius 2 is 1.58 bits per heavy atom. The lowest BCUT2D eigenvalue weighted by molar-refractivity contribution is 0.728. The number of fused-ring (bicyclic) bond motifs is 2. The molecule has 0 fully saturated rings. The van der Waals surface area contributed by atoms with Crippen LogP contribution in [0.2, 0.25) is 15.1 Å². The highest BCUT2D eigenvalue weighted by atomic mass is 35.5. The second kappa shape index (κ2) is 7.47. The molecule has 0 radical (unpaired) electrons. The van der Waals surface area contributed by atoms with E-state index in [2.05, 4.69) is 17.1 Å². The zero-order valence-electron chi connectivity index (χ0n) is 15.0. The summed E-state index contributed by atoms with van der Waals surface area (Å²) in [6, 6.07) is 9.37. The molecule has 7 heteroatoms. The molecule has 136 valence electrons. The molecule has 0 aliphatic carbocycles. The van der Waals surface area contributed by atoms with Crippen LogP contribution in [0.3, 0.4) is 0 Å². The summed E-state index contributed by atoms with van der Waals surface area (Å²) in [5.41, 5.74) is 4.13. The van der Waals surface area contributed by atoms with E-state index in [1.54, 1.807) is 6.07 Å². The van der Waals surface area contributed by atoms with Crippen LogP contribution in [0, 0.1) is 6.92 Å². The molecule has 0 aliphatic rings. The number of rotatable bonds is 1. The largest absolute Gasteiger partial charge is 0.272 e. The molecule has 4 nitrogen and oxygen atoms in total. The Hall–Kier alpha value is -1.75. The van der Waals surface area contributed by atoms with Gasteiger partial charge in [-0.05, 0) is 43.7 Å². The summed E-state index contributed by atoms with van der Waals surface area (Å²) in [5, 5.41) is 12.9. The third-order valence-corrected chi connectivity index (χ3v) is 5.15. The summed E-state index contributed by atoms with van der Waals surface area (Å²) >= 11 is 17.8. The number of aromatic nitrogens is 4. The Kier molecular flexibility index (Phi) is 5.47. The van der Waals surface area contributed by atoms with Gasteiger partial charge in [0.25, 0.3) is 0 Å². The van der Waals surface area contributed by atoms with Crippen molar-refractivity contribution in [2.45, 2.75) is 20.3 Å². The Morgan fingerprint density at radius 1 is 0.885 bits per heavy atom. The van der Waals surface area contributed by atoms with Crippen molar-refractivity contribution < 1.29 is 0 Å². The topological polar surface area (TPSA) is 35.6 Å². The van der Waals surface area contributed by atoms with Crippen LogP contribution >= 0.6 is 34.8 Å². The van der Waals surface area contributed by atoms with Crippen molar-refractivity contribution in [1.29, 1.82) is 0 Å². The minimum absolute atomic E-state index is 0.614. The van der Waals surface area contributed by atoms with Crippen molar-refractivity contribution in [3.63, 3.8) is 0 Å². The van der Waals surface area contributed by atoms with E-state index < -0.39 is 0 Å². The number of hydrogen-bond donors (Lipinski definition) is 0. The van der Waals surface area contributed by atoms with Gasteiger partial charge in [-0.1, -0.05) is 41.7 Å². The molecule has 0 atom stereocenters. The van der Waals surface area contributed by atoms with Crippen LogP contribution < -0.4 is 0 Å². The molecule has 4 aromatic rings. The van der Waals surface area contributed by atoms with E-state index in [9.17, 15) is 0 Å². The highest BCUT2D eigenvalue weighted by Crippen LogP contribution is 2.29. The van der Waals surface area contributed by atoms with Crippen molar-refractivity contribution in [2.24, 2.45) is 14.1 Å². The van der Waals surface area contributed by atoms with Gasteiger partial charge in [0.1, 0.15) is 5.52 Å². The maximum atomic E-state index is 6.04. The van der Waals surface area contributed by atoms with Crippen LogP contribution in [-0.2, 0) is 20.5 Å². The van der Waals surface area contributed by atoms with Gasteiger partial charge >= 0.3 is 0 Å². The molecule has 2 aromatic carbocycles. The number of halogens is 3. The average molecular weight is 410 g/mol. The quantitative estimate of drug-likeness (QED) is 0.388. The van der Waals surface area contributed by atoms with Crippen LogP contribution in [0.4, 0.5) is 0 Å². The fourth-order valence-corrected chi connectivity index (χ4v) is 3.69. The van der Waals surface area contributed by atoms with E-state index in [4.69, 9.17) is 34.8 Å². The third-order valence-electron chi connectivity index (χ3n) is 4.41. The smallest absolute Gasteiger partial charge is 0.111 e. The first-order valence-corrected chi connectivity index (χ1v) is 9.34. The zero-order chi connectivity index (χ0) is 19.0. The first-order chi connectivity index (χ1) is 12.3. The predicted octanol–water partition coefficient (Wildman–Crippen LogP) is 5.98. The van der Waals surface area contributed by atoms with Crippen molar-refractivity contribution >= 4 is 56.6 Å². The van der Waals surface area contributed by atoms with E-state index in [1.165, 1.54) is 0 Å². The normalized spacial score (nSPS) is 11.0. The molecule has 26 heavy (non-hydrogen) atoms. The molecule has 0 unspecified atom stereocenters. The van der Waals surface area contributed by atoms with Gasteiger partial charge in [-0.3, -0.25) is 9.36 Å². The number of nitrogens with zero attached hydrogens (tertiary/aromatic N) is 4. The number of benzene rings is 2. The van der Waals surface area contributed by atoms with Crippen molar-refractivity contribution in [2.75, 3.05) is 0 Å². The minimum atomic E-state index is 0.614. The summed E-state index contributed by atoms with van der Waals surface area (Å²) in [4.78, 5) is 0. The molecular weight excluding hydrogens is 391 g/mol.